The Bertz CT molecular complexity index is 442. The van der Waals surface area contributed by atoms with Gasteiger partial charge in [-0.1, -0.05) is 24.7 Å². The predicted octanol–water partition coefficient (Wildman–Crippen LogP) is 2.49. The van der Waals surface area contributed by atoms with Crippen molar-refractivity contribution in [1.29, 1.82) is 0 Å². The van der Waals surface area contributed by atoms with Crippen LogP contribution in [-0.4, -0.2) is 30.0 Å². The minimum atomic E-state index is -0.223. The van der Waals surface area contributed by atoms with E-state index in [1.807, 2.05) is 32.7 Å². The van der Waals surface area contributed by atoms with E-state index in [9.17, 15) is 4.79 Å². The molecule has 1 rings (SSSR count). The fraction of sp³-hybridized carbons (Fsp3) is 0.692. The molecule has 6 heteroatoms. The molecule has 0 radical (unpaired) electrons. The first-order valence-electron chi connectivity index (χ1n) is 6.60. The van der Waals surface area contributed by atoms with Gasteiger partial charge >= 0.3 is 0 Å². The molecule has 1 amide bonds. The highest BCUT2D eigenvalue weighted by atomic mass is 32.1. The number of carbonyl (C=O) groups excluding carboxylic acids is 1. The maximum Gasteiger partial charge on any atom is 0.265 e. The van der Waals surface area contributed by atoms with E-state index in [0.29, 0.717) is 10.7 Å². The van der Waals surface area contributed by atoms with E-state index in [1.54, 1.807) is 0 Å². The highest BCUT2D eigenvalue weighted by molar-refractivity contribution is 7.18. The summed E-state index contributed by atoms with van der Waals surface area (Å²) in [5.41, 5.74) is 5.62. The molecule has 5 nitrogen and oxygen atoms in total. The minimum absolute atomic E-state index is 0.135. The number of nitrogens with zero attached hydrogens (tertiary/aromatic N) is 2. The fourth-order valence-electron chi connectivity index (χ4n) is 1.83. The smallest absolute Gasteiger partial charge is 0.265 e. The number of anilines is 2. The zero-order valence-electron chi connectivity index (χ0n) is 12.4. The summed E-state index contributed by atoms with van der Waals surface area (Å²) in [6, 6.07) is 0. The number of rotatable bonds is 6. The maximum atomic E-state index is 12.2. The van der Waals surface area contributed by atoms with Crippen molar-refractivity contribution < 1.29 is 4.79 Å². The lowest BCUT2D eigenvalue weighted by atomic mass is 9.99. The molecule has 0 aliphatic rings. The van der Waals surface area contributed by atoms with E-state index >= 15 is 0 Å². The van der Waals surface area contributed by atoms with Gasteiger partial charge in [0.1, 0.15) is 10.7 Å². The SMILES string of the molecule is CCCC(C)(C)NC(=O)c1sc(N(C)CC)nc1N. The van der Waals surface area contributed by atoms with Crippen LogP contribution in [-0.2, 0) is 0 Å². The molecule has 0 atom stereocenters. The third-order valence-electron chi connectivity index (χ3n) is 2.98. The second-order valence-electron chi connectivity index (χ2n) is 5.31. The summed E-state index contributed by atoms with van der Waals surface area (Å²) >= 11 is 1.34. The van der Waals surface area contributed by atoms with Gasteiger partial charge in [0.05, 0.1) is 0 Å². The lowest BCUT2D eigenvalue weighted by Gasteiger charge is -2.25. The molecule has 0 unspecified atom stereocenters. The van der Waals surface area contributed by atoms with Crippen LogP contribution in [0.3, 0.4) is 0 Å². The van der Waals surface area contributed by atoms with Gasteiger partial charge in [-0.2, -0.15) is 0 Å². The summed E-state index contributed by atoms with van der Waals surface area (Å²) in [6.07, 6.45) is 1.95. The van der Waals surface area contributed by atoms with Crippen LogP contribution in [0.2, 0.25) is 0 Å². The van der Waals surface area contributed by atoms with E-state index in [-0.39, 0.29) is 11.4 Å². The summed E-state index contributed by atoms with van der Waals surface area (Å²) in [5, 5.41) is 3.79. The molecule has 0 aliphatic heterocycles. The van der Waals surface area contributed by atoms with Gasteiger partial charge in [-0.25, -0.2) is 4.98 Å². The van der Waals surface area contributed by atoms with Crippen molar-refractivity contribution in [3.05, 3.63) is 4.88 Å². The third-order valence-corrected chi connectivity index (χ3v) is 4.16. The highest BCUT2D eigenvalue weighted by Gasteiger charge is 2.24. The average molecular weight is 284 g/mol. The van der Waals surface area contributed by atoms with Crippen LogP contribution in [0.15, 0.2) is 0 Å². The van der Waals surface area contributed by atoms with E-state index in [1.165, 1.54) is 11.3 Å². The van der Waals surface area contributed by atoms with E-state index < -0.39 is 0 Å². The van der Waals surface area contributed by atoms with Crippen molar-refractivity contribution in [3.63, 3.8) is 0 Å². The molecule has 108 valence electrons. The fourth-order valence-corrected chi connectivity index (χ4v) is 2.74. The van der Waals surface area contributed by atoms with Crippen LogP contribution < -0.4 is 16.0 Å². The zero-order valence-corrected chi connectivity index (χ0v) is 13.2. The van der Waals surface area contributed by atoms with E-state index in [2.05, 4.69) is 17.2 Å². The lowest BCUT2D eigenvalue weighted by Crippen LogP contribution is -2.43. The topological polar surface area (TPSA) is 71.2 Å². The third kappa shape index (κ3) is 4.09. The van der Waals surface area contributed by atoms with Crippen molar-refractivity contribution in [2.24, 2.45) is 0 Å². The molecule has 0 saturated heterocycles. The van der Waals surface area contributed by atoms with Crippen LogP contribution in [0, 0.1) is 0 Å². The summed E-state index contributed by atoms with van der Waals surface area (Å²) in [6.45, 7) is 9.00. The van der Waals surface area contributed by atoms with Gasteiger partial charge in [0.2, 0.25) is 0 Å². The van der Waals surface area contributed by atoms with Crippen LogP contribution in [0.5, 0.6) is 0 Å². The molecule has 0 aromatic carbocycles. The monoisotopic (exact) mass is 284 g/mol. The molecule has 1 aromatic heterocycles. The first kappa shape index (κ1) is 15.8. The molecular formula is C13H24N4OS. The summed E-state index contributed by atoms with van der Waals surface area (Å²) < 4.78 is 0. The van der Waals surface area contributed by atoms with Crippen LogP contribution in [0.1, 0.15) is 50.2 Å². The van der Waals surface area contributed by atoms with E-state index in [0.717, 1.165) is 24.5 Å². The summed E-state index contributed by atoms with van der Waals surface area (Å²) in [5.74, 6) is 0.175. The van der Waals surface area contributed by atoms with Gasteiger partial charge < -0.3 is 16.0 Å². The molecule has 1 heterocycles. The largest absolute Gasteiger partial charge is 0.382 e. The Morgan fingerprint density at radius 3 is 2.63 bits per heavy atom. The molecule has 0 spiro atoms. The Labute approximate surface area is 119 Å². The van der Waals surface area contributed by atoms with Gasteiger partial charge in [0, 0.05) is 19.1 Å². The molecular weight excluding hydrogens is 260 g/mol. The molecule has 19 heavy (non-hydrogen) atoms. The quantitative estimate of drug-likeness (QED) is 0.842. The Kier molecular flexibility index (Phi) is 5.17. The Morgan fingerprint density at radius 2 is 2.11 bits per heavy atom. The standard InChI is InChI=1S/C13H24N4OS/c1-6-8-13(3,4)16-11(18)9-10(14)15-12(19-9)17(5)7-2/h6-8,14H2,1-5H3,(H,16,18). The first-order valence-corrected chi connectivity index (χ1v) is 7.42. The Balaban J connectivity index is 2.86. The normalized spacial score (nSPS) is 11.4. The van der Waals surface area contributed by atoms with E-state index in [4.69, 9.17) is 5.73 Å². The number of aromatic nitrogens is 1. The van der Waals surface area contributed by atoms with Gasteiger partial charge in [0.15, 0.2) is 5.13 Å². The summed E-state index contributed by atoms with van der Waals surface area (Å²) in [4.78, 5) is 18.9. The highest BCUT2D eigenvalue weighted by Crippen LogP contribution is 2.27. The number of hydrogen-bond acceptors (Lipinski definition) is 5. The number of carbonyl (C=O) groups is 1. The number of hydrogen-bond donors (Lipinski definition) is 2. The van der Waals surface area contributed by atoms with Crippen LogP contribution in [0.4, 0.5) is 10.9 Å². The maximum absolute atomic E-state index is 12.2. The second kappa shape index (κ2) is 6.23. The molecule has 0 bridgehead atoms. The van der Waals surface area contributed by atoms with Crippen molar-refractivity contribution in [1.82, 2.24) is 10.3 Å². The lowest BCUT2D eigenvalue weighted by molar-refractivity contribution is 0.0914. The predicted molar refractivity (Wildman–Crippen MR) is 81.9 cm³/mol. The Hall–Kier alpha value is -1.30. The van der Waals surface area contributed by atoms with Crippen LogP contribution >= 0.6 is 11.3 Å². The molecule has 0 fully saturated rings. The number of nitrogen functional groups attached to an aromatic ring is 1. The molecule has 3 N–H and O–H groups in total. The zero-order chi connectivity index (χ0) is 14.6. The van der Waals surface area contributed by atoms with Crippen molar-refractivity contribution >= 4 is 28.2 Å². The minimum Gasteiger partial charge on any atom is -0.382 e. The first-order chi connectivity index (χ1) is 8.80. The number of amides is 1. The summed E-state index contributed by atoms with van der Waals surface area (Å²) in [7, 11) is 1.93. The van der Waals surface area contributed by atoms with Gasteiger partial charge in [-0.3, -0.25) is 4.79 Å². The molecule has 0 aliphatic carbocycles. The van der Waals surface area contributed by atoms with Crippen molar-refractivity contribution in [2.75, 3.05) is 24.2 Å². The van der Waals surface area contributed by atoms with Gasteiger partial charge in [0.25, 0.3) is 5.91 Å². The number of nitrogens with one attached hydrogen (secondary N) is 1. The van der Waals surface area contributed by atoms with Crippen LogP contribution in [0.25, 0.3) is 0 Å². The van der Waals surface area contributed by atoms with Crippen molar-refractivity contribution in [2.45, 2.75) is 46.1 Å². The van der Waals surface area contributed by atoms with Gasteiger partial charge in [-0.15, -0.1) is 0 Å². The molecule has 1 aromatic rings. The van der Waals surface area contributed by atoms with Gasteiger partial charge in [-0.05, 0) is 27.2 Å². The van der Waals surface area contributed by atoms with Crippen molar-refractivity contribution in [3.8, 4) is 0 Å². The average Bonchev–Trinajstić information content (AvgIpc) is 2.69. The molecule has 0 saturated carbocycles. The second-order valence-corrected chi connectivity index (χ2v) is 6.29. The number of thiazole rings is 1. The Morgan fingerprint density at radius 1 is 1.47 bits per heavy atom. The number of nitrogens with two attached hydrogens (primary N) is 1.